The molecule has 8 heteroatoms. The van der Waals surface area contributed by atoms with Crippen molar-refractivity contribution in [2.75, 3.05) is 45.7 Å². The fraction of sp³-hybridized carbons (Fsp3) is 0.615. The minimum atomic E-state index is -0.213. The number of aryl methyl sites for hydroxylation is 1. The van der Waals surface area contributed by atoms with Crippen LogP contribution in [0.15, 0.2) is 23.0 Å². The van der Waals surface area contributed by atoms with Gasteiger partial charge in [-0.05, 0) is 69.4 Å². The first kappa shape index (κ1) is 26.0. The van der Waals surface area contributed by atoms with Crippen molar-refractivity contribution in [2.45, 2.75) is 64.3 Å². The van der Waals surface area contributed by atoms with E-state index >= 15 is 0 Å². The van der Waals surface area contributed by atoms with Crippen LogP contribution in [0.5, 0.6) is 11.5 Å². The highest BCUT2D eigenvalue weighted by Gasteiger charge is 2.21. The van der Waals surface area contributed by atoms with Crippen LogP contribution in [0.25, 0.3) is 11.3 Å². The number of rotatable bonds is 16. The van der Waals surface area contributed by atoms with E-state index in [1.807, 2.05) is 18.2 Å². The topological polar surface area (TPSA) is 103 Å². The molecule has 1 aromatic heterocycles. The second-order valence-electron chi connectivity index (χ2n) is 8.87. The number of benzene rings is 1. The Kier molecular flexibility index (Phi) is 10.7. The van der Waals surface area contributed by atoms with Gasteiger partial charge in [0, 0.05) is 24.7 Å². The summed E-state index contributed by atoms with van der Waals surface area (Å²) in [5, 5.41) is 6.88. The van der Waals surface area contributed by atoms with Gasteiger partial charge in [0.15, 0.2) is 11.5 Å². The number of fused-ring (bicyclic) bond motifs is 3. The second-order valence-corrected chi connectivity index (χ2v) is 8.87. The molecule has 0 fully saturated rings. The summed E-state index contributed by atoms with van der Waals surface area (Å²) >= 11 is 0. The third-order valence-corrected chi connectivity index (χ3v) is 6.40. The Morgan fingerprint density at radius 2 is 1.56 bits per heavy atom. The van der Waals surface area contributed by atoms with E-state index < -0.39 is 0 Å². The molecule has 1 aromatic carbocycles. The molecule has 0 amide bonds. The Hall–Kier alpha value is -2.58. The van der Waals surface area contributed by atoms with Crippen LogP contribution < -0.4 is 31.5 Å². The van der Waals surface area contributed by atoms with Gasteiger partial charge in [0.2, 0.25) is 0 Å². The molecule has 1 aliphatic heterocycles. The molecule has 0 unspecified atom stereocenters. The minimum absolute atomic E-state index is 0.213. The van der Waals surface area contributed by atoms with Crippen molar-refractivity contribution >= 4 is 5.82 Å². The van der Waals surface area contributed by atoms with Gasteiger partial charge >= 0.3 is 5.69 Å². The smallest absolute Gasteiger partial charge is 0.349 e. The molecular formula is C26H41N5O3. The van der Waals surface area contributed by atoms with Crippen LogP contribution in [0.2, 0.25) is 0 Å². The molecule has 3 rings (SSSR count). The minimum Gasteiger partial charge on any atom is -0.493 e. The van der Waals surface area contributed by atoms with Gasteiger partial charge in [0.05, 0.1) is 19.9 Å². The van der Waals surface area contributed by atoms with Gasteiger partial charge in [0.25, 0.3) is 0 Å². The van der Waals surface area contributed by atoms with Crippen molar-refractivity contribution in [2.24, 2.45) is 5.73 Å². The summed E-state index contributed by atoms with van der Waals surface area (Å²) in [4.78, 5) is 16.9. The van der Waals surface area contributed by atoms with Gasteiger partial charge in [-0.15, -0.1) is 0 Å². The maximum atomic E-state index is 12.6. The molecule has 0 atom stereocenters. The lowest BCUT2D eigenvalue weighted by Crippen LogP contribution is -2.29. The van der Waals surface area contributed by atoms with Gasteiger partial charge in [-0.2, -0.15) is 4.98 Å². The lowest BCUT2D eigenvalue weighted by atomic mass is 9.97. The van der Waals surface area contributed by atoms with E-state index in [1.165, 1.54) is 32.1 Å². The highest BCUT2D eigenvalue weighted by Crippen LogP contribution is 2.38. The first-order valence-electron chi connectivity index (χ1n) is 12.7. The first-order valence-corrected chi connectivity index (χ1v) is 12.7. The summed E-state index contributed by atoms with van der Waals surface area (Å²) in [6, 6.07) is 5.94. The van der Waals surface area contributed by atoms with E-state index in [4.69, 9.17) is 15.2 Å². The summed E-state index contributed by atoms with van der Waals surface area (Å²) < 4.78 is 12.7. The van der Waals surface area contributed by atoms with Crippen molar-refractivity contribution in [1.29, 1.82) is 0 Å². The Bertz CT molecular complexity index is 960. The molecule has 8 nitrogen and oxygen atoms in total. The van der Waals surface area contributed by atoms with Gasteiger partial charge in [-0.3, -0.25) is 4.57 Å². The summed E-state index contributed by atoms with van der Waals surface area (Å²) in [6.45, 7) is 4.42. The van der Waals surface area contributed by atoms with Gasteiger partial charge in [-0.1, -0.05) is 25.7 Å². The molecule has 2 heterocycles. The van der Waals surface area contributed by atoms with Gasteiger partial charge in [0.1, 0.15) is 5.82 Å². The number of nitrogens with zero attached hydrogens (tertiary/aromatic N) is 2. The molecule has 188 valence electrons. The highest BCUT2D eigenvalue weighted by atomic mass is 16.5. The predicted octanol–water partition coefficient (Wildman–Crippen LogP) is 3.56. The summed E-state index contributed by atoms with van der Waals surface area (Å²) in [7, 11) is 3.26. The average Bonchev–Trinajstić information content (AvgIpc) is 2.85. The molecule has 0 spiro atoms. The van der Waals surface area contributed by atoms with Crippen molar-refractivity contribution in [3.8, 4) is 22.8 Å². The number of unbranched alkanes of at least 4 members (excludes halogenated alkanes) is 6. The number of ether oxygens (including phenoxy) is 2. The van der Waals surface area contributed by atoms with Crippen LogP contribution in [0.3, 0.4) is 0 Å². The Morgan fingerprint density at radius 3 is 2.24 bits per heavy atom. The molecule has 2 aromatic rings. The molecule has 1 aliphatic rings. The number of methoxy groups -OCH3 is 2. The lowest BCUT2D eigenvalue weighted by Gasteiger charge is -2.23. The average molecular weight is 472 g/mol. The molecular weight excluding hydrogens is 430 g/mol. The molecule has 0 aliphatic carbocycles. The van der Waals surface area contributed by atoms with Crippen molar-refractivity contribution in [1.82, 2.24) is 14.9 Å². The van der Waals surface area contributed by atoms with Crippen molar-refractivity contribution in [3.63, 3.8) is 0 Å². The SMILES string of the molecule is COc1cc2c(cc1OC)-c1cc(NCCCCCCNCCCCCCN)nc(=O)n1CC2. The third kappa shape index (κ3) is 7.21. The Balaban J connectivity index is 1.44. The normalized spacial score (nSPS) is 12.2. The van der Waals surface area contributed by atoms with E-state index in [2.05, 4.69) is 15.6 Å². The zero-order valence-corrected chi connectivity index (χ0v) is 20.8. The lowest BCUT2D eigenvalue weighted by molar-refractivity contribution is 0.354. The summed E-state index contributed by atoms with van der Waals surface area (Å²) in [5.41, 5.74) is 8.33. The van der Waals surface area contributed by atoms with Crippen molar-refractivity contribution < 1.29 is 9.47 Å². The van der Waals surface area contributed by atoms with E-state index in [1.54, 1.807) is 18.8 Å². The quantitative estimate of drug-likeness (QED) is 0.322. The van der Waals surface area contributed by atoms with E-state index in [9.17, 15) is 4.79 Å². The van der Waals surface area contributed by atoms with Gasteiger partial charge in [-0.25, -0.2) is 4.79 Å². The maximum absolute atomic E-state index is 12.6. The van der Waals surface area contributed by atoms with Crippen LogP contribution in [-0.4, -0.2) is 49.9 Å². The second kappa shape index (κ2) is 14.0. The molecule has 4 N–H and O–H groups in total. The van der Waals surface area contributed by atoms with Crippen LogP contribution in [0.4, 0.5) is 5.82 Å². The molecule has 0 bridgehead atoms. The predicted molar refractivity (Wildman–Crippen MR) is 138 cm³/mol. The molecule has 0 saturated heterocycles. The fourth-order valence-electron chi connectivity index (χ4n) is 4.45. The van der Waals surface area contributed by atoms with E-state index in [0.29, 0.717) is 23.9 Å². The summed E-state index contributed by atoms with van der Waals surface area (Å²) in [6.07, 6.45) is 10.3. The fourth-order valence-corrected chi connectivity index (χ4v) is 4.45. The van der Waals surface area contributed by atoms with E-state index in [-0.39, 0.29) is 5.69 Å². The standard InChI is InChI=1S/C26H41N5O3/c1-33-23-17-20-11-16-31-22(21(20)18-24(23)34-2)19-25(30-26(31)32)29-15-10-6-5-9-14-28-13-8-4-3-7-12-27/h17-19,28H,3-16,27H2,1-2H3,(H,29,30,32). The van der Waals surface area contributed by atoms with Gasteiger partial charge < -0.3 is 25.8 Å². The number of nitrogens with two attached hydrogens (primary N) is 1. The van der Waals surface area contributed by atoms with Crippen LogP contribution in [0, 0.1) is 0 Å². The molecule has 34 heavy (non-hydrogen) atoms. The summed E-state index contributed by atoms with van der Waals surface area (Å²) in [5.74, 6) is 2.01. The maximum Gasteiger partial charge on any atom is 0.349 e. The number of aromatic nitrogens is 2. The third-order valence-electron chi connectivity index (χ3n) is 6.40. The zero-order valence-electron chi connectivity index (χ0n) is 20.8. The Labute approximate surface area is 203 Å². The number of hydrogen-bond acceptors (Lipinski definition) is 7. The largest absolute Gasteiger partial charge is 0.493 e. The highest BCUT2D eigenvalue weighted by molar-refractivity contribution is 5.71. The number of anilines is 1. The first-order chi connectivity index (χ1) is 16.7. The van der Waals surface area contributed by atoms with Crippen LogP contribution in [0.1, 0.15) is 56.9 Å². The Morgan fingerprint density at radius 1 is 0.912 bits per heavy atom. The number of hydrogen-bond donors (Lipinski definition) is 3. The zero-order chi connectivity index (χ0) is 24.2. The molecule has 0 radical (unpaired) electrons. The van der Waals surface area contributed by atoms with E-state index in [0.717, 1.165) is 68.7 Å². The molecule has 0 saturated carbocycles. The monoisotopic (exact) mass is 471 g/mol. The van der Waals surface area contributed by atoms with Crippen LogP contribution in [-0.2, 0) is 13.0 Å². The van der Waals surface area contributed by atoms with Crippen molar-refractivity contribution in [3.05, 3.63) is 34.2 Å². The van der Waals surface area contributed by atoms with Crippen LogP contribution >= 0.6 is 0 Å². The number of nitrogens with one attached hydrogen (secondary N) is 2.